The van der Waals surface area contributed by atoms with Crippen LogP contribution in [-0.2, 0) is 0 Å². The first-order valence-electron chi connectivity index (χ1n) is 7.31. The Morgan fingerprint density at radius 1 is 1.05 bits per heavy atom. The third-order valence-corrected chi connectivity index (χ3v) is 4.03. The maximum Gasteiger partial charge on any atom is 0.123 e. The summed E-state index contributed by atoms with van der Waals surface area (Å²) in [6.07, 6.45) is 5.78. The van der Waals surface area contributed by atoms with E-state index < -0.39 is 0 Å². The normalized spacial score (nSPS) is 16.0. The molecule has 0 spiro atoms. The van der Waals surface area contributed by atoms with E-state index >= 15 is 0 Å². The number of halogens is 1. The summed E-state index contributed by atoms with van der Waals surface area (Å²) in [7, 11) is 2.15. The number of likely N-dealkylation sites (tertiary alicyclic amines) is 1. The molecule has 21 heavy (non-hydrogen) atoms. The lowest BCUT2D eigenvalue weighted by Gasteiger charge is -2.27. The number of nitrogens with zero attached hydrogens (tertiary/aromatic N) is 2. The van der Waals surface area contributed by atoms with E-state index in [2.05, 4.69) is 23.0 Å². The van der Waals surface area contributed by atoms with E-state index in [1.165, 1.54) is 23.3 Å². The monoisotopic (exact) mass is 282 g/mol. The summed E-state index contributed by atoms with van der Waals surface area (Å²) in [4.78, 5) is 6.58. The minimum absolute atomic E-state index is 0.197. The maximum absolute atomic E-state index is 13.2. The van der Waals surface area contributed by atoms with Gasteiger partial charge in [-0.05, 0) is 49.2 Å². The number of hydrogen-bond acceptors (Lipinski definition) is 2. The summed E-state index contributed by atoms with van der Waals surface area (Å²) >= 11 is 0. The molecular formula is C18H19FN2. The van der Waals surface area contributed by atoms with Crippen LogP contribution in [0.4, 0.5) is 4.39 Å². The molecule has 108 valence electrons. The summed E-state index contributed by atoms with van der Waals surface area (Å²) in [5, 5.41) is 0. The van der Waals surface area contributed by atoms with Gasteiger partial charge in [0.2, 0.25) is 0 Å². The molecular weight excluding hydrogens is 263 g/mol. The quantitative estimate of drug-likeness (QED) is 0.834. The molecule has 1 aliphatic heterocycles. The lowest BCUT2D eigenvalue weighted by Crippen LogP contribution is -2.26. The van der Waals surface area contributed by atoms with Crippen molar-refractivity contribution in [1.29, 1.82) is 0 Å². The number of benzene rings is 1. The van der Waals surface area contributed by atoms with Crippen molar-refractivity contribution in [1.82, 2.24) is 9.88 Å². The molecule has 0 radical (unpaired) electrons. The van der Waals surface area contributed by atoms with Crippen LogP contribution >= 0.6 is 0 Å². The van der Waals surface area contributed by atoms with Crippen molar-refractivity contribution in [3.05, 3.63) is 71.3 Å². The van der Waals surface area contributed by atoms with Gasteiger partial charge < -0.3 is 4.90 Å². The van der Waals surface area contributed by atoms with Crippen molar-refractivity contribution in [3.63, 3.8) is 0 Å². The van der Waals surface area contributed by atoms with Crippen LogP contribution in [0.2, 0.25) is 0 Å². The fourth-order valence-corrected chi connectivity index (χ4v) is 2.84. The molecule has 0 saturated carbocycles. The highest BCUT2D eigenvalue weighted by Crippen LogP contribution is 2.31. The van der Waals surface area contributed by atoms with Crippen molar-refractivity contribution in [2.45, 2.75) is 12.8 Å². The van der Waals surface area contributed by atoms with Crippen LogP contribution in [0.1, 0.15) is 24.0 Å². The first-order chi connectivity index (χ1) is 10.2. The van der Waals surface area contributed by atoms with Crippen molar-refractivity contribution < 1.29 is 4.39 Å². The van der Waals surface area contributed by atoms with Crippen molar-refractivity contribution in [2.24, 2.45) is 0 Å². The first kappa shape index (κ1) is 14.0. The maximum atomic E-state index is 13.2. The molecule has 1 aromatic carbocycles. The number of rotatable bonds is 2. The molecule has 3 rings (SSSR count). The van der Waals surface area contributed by atoms with Gasteiger partial charge in [0.25, 0.3) is 0 Å². The molecule has 1 aliphatic rings. The van der Waals surface area contributed by atoms with Gasteiger partial charge in [-0.2, -0.15) is 0 Å². The smallest absolute Gasteiger partial charge is 0.123 e. The Kier molecular flexibility index (Phi) is 4.11. The second-order valence-corrected chi connectivity index (χ2v) is 5.53. The summed E-state index contributed by atoms with van der Waals surface area (Å²) in [5.74, 6) is -0.197. The third-order valence-electron chi connectivity index (χ3n) is 4.03. The van der Waals surface area contributed by atoms with Gasteiger partial charge in [0.1, 0.15) is 5.82 Å². The fourth-order valence-electron chi connectivity index (χ4n) is 2.84. The molecule has 1 saturated heterocycles. The highest BCUT2D eigenvalue weighted by atomic mass is 19.1. The van der Waals surface area contributed by atoms with Crippen LogP contribution in [0.25, 0.3) is 5.57 Å². The zero-order valence-corrected chi connectivity index (χ0v) is 12.2. The zero-order valence-electron chi connectivity index (χ0n) is 12.2. The molecule has 1 aromatic heterocycles. The molecule has 0 aliphatic carbocycles. The second-order valence-electron chi connectivity index (χ2n) is 5.53. The van der Waals surface area contributed by atoms with Gasteiger partial charge in [-0.1, -0.05) is 23.8 Å². The molecule has 2 aromatic rings. The average molecular weight is 282 g/mol. The average Bonchev–Trinajstić information content (AvgIpc) is 2.52. The highest BCUT2D eigenvalue weighted by molar-refractivity contribution is 5.81. The summed E-state index contributed by atoms with van der Waals surface area (Å²) in [6, 6.07) is 10.8. The van der Waals surface area contributed by atoms with Gasteiger partial charge in [-0.3, -0.25) is 4.98 Å². The molecule has 2 nitrogen and oxygen atoms in total. The van der Waals surface area contributed by atoms with Crippen LogP contribution in [0.15, 0.2) is 54.4 Å². The standard InChI is InChI=1S/C18H19FN2/c1-21-11-8-15(9-12-21)18(16-3-2-10-20-13-16)14-4-6-17(19)7-5-14/h2-7,10,13H,8-9,11-12H2,1H3. The molecule has 0 unspecified atom stereocenters. The van der Waals surface area contributed by atoms with E-state index in [0.29, 0.717) is 0 Å². The Morgan fingerprint density at radius 3 is 2.38 bits per heavy atom. The van der Waals surface area contributed by atoms with Crippen LogP contribution in [0, 0.1) is 5.82 Å². The lowest BCUT2D eigenvalue weighted by molar-refractivity contribution is 0.313. The third kappa shape index (κ3) is 3.19. The molecule has 0 amide bonds. The molecule has 3 heteroatoms. The van der Waals surface area contributed by atoms with E-state index in [0.717, 1.165) is 37.1 Å². The van der Waals surface area contributed by atoms with Crippen molar-refractivity contribution >= 4 is 5.57 Å². The summed E-state index contributed by atoms with van der Waals surface area (Å²) < 4.78 is 13.2. The summed E-state index contributed by atoms with van der Waals surface area (Å²) in [5.41, 5.74) is 4.84. The number of hydrogen-bond donors (Lipinski definition) is 0. The Balaban J connectivity index is 2.07. The van der Waals surface area contributed by atoms with Gasteiger partial charge in [-0.15, -0.1) is 0 Å². The molecule has 2 heterocycles. The van der Waals surface area contributed by atoms with Gasteiger partial charge in [0.15, 0.2) is 0 Å². The van der Waals surface area contributed by atoms with Crippen LogP contribution < -0.4 is 0 Å². The number of pyridine rings is 1. The van der Waals surface area contributed by atoms with Gasteiger partial charge in [0, 0.05) is 31.0 Å². The Labute approximate surface area is 124 Å². The Bertz CT molecular complexity index is 622. The topological polar surface area (TPSA) is 16.1 Å². The molecule has 1 fully saturated rings. The van der Waals surface area contributed by atoms with E-state index in [9.17, 15) is 4.39 Å². The Hall–Kier alpha value is -2.00. The largest absolute Gasteiger partial charge is 0.306 e. The zero-order chi connectivity index (χ0) is 14.7. The Morgan fingerprint density at radius 2 is 1.76 bits per heavy atom. The predicted molar refractivity (Wildman–Crippen MR) is 83.4 cm³/mol. The van der Waals surface area contributed by atoms with Gasteiger partial charge in [-0.25, -0.2) is 4.39 Å². The van der Waals surface area contributed by atoms with Crippen molar-refractivity contribution in [2.75, 3.05) is 20.1 Å². The van der Waals surface area contributed by atoms with E-state index in [1.807, 2.05) is 24.4 Å². The fraction of sp³-hybridized carbons (Fsp3) is 0.278. The predicted octanol–water partition coefficient (Wildman–Crippen LogP) is 3.75. The minimum Gasteiger partial charge on any atom is -0.306 e. The van der Waals surface area contributed by atoms with E-state index in [-0.39, 0.29) is 5.82 Å². The number of piperidine rings is 1. The van der Waals surface area contributed by atoms with Crippen LogP contribution in [-0.4, -0.2) is 30.0 Å². The summed E-state index contributed by atoms with van der Waals surface area (Å²) in [6.45, 7) is 2.14. The van der Waals surface area contributed by atoms with Crippen LogP contribution in [0.3, 0.4) is 0 Å². The molecule has 0 N–H and O–H groups in total. The first-order valence-corrected chi connectivity index (χ1v) is 7.31. The van der Waals surface area contributed by atoms with Crippen molar-refractivity contribution in [3.8, 4) is 0 Å². The lowest BCUT2D eigenvalue weighted by atomic mass is 9.89. The van der Waals surface area contributed by atoms with E-state index in [4.69, 9.17) is 0 Å². The van der Waals surface area contributed by atoms with E-state index in [1.54, 1.807) is 6.20 Å². The highest BCUT2D eigenvalue weighted by Gasteiger charge is 2.17. The minimum atomic E-state index is -0.197. The molecule has 0 bridgehead atoms. The van der Waals surface area contributed by atoms with Gasteiger partial charge in [0.05, 0.1) is 0 Å². The van der Waals surface area contributed by atoms with Crippen LogP contribution in [0.5, 0.6) is 0 Å². The molecule has 0 atom stereocenters. The number of aromatic nitrogens is 1. The van der Waals surface area contributed by atoms with Gasteiger partial charge >= 0.3 is 0 Å². The second kappa shape index (κ2) is 6.19. The SMILES string of the molecule is CN1CCC(=C(c2ccc(F)cc2)c2cccnc2)CC1.